The van der Waals surface area contributed by atoms with Crippen molar-refractivity contribution in [3.63, 3.8) is 0 Å². The number of hydrogen-bond acceptors (Lipinski definition) is 2. The van der Waals surface area contributed by atoms with Gasteiger partial charge in [-0.25, -0.2) is 9.18 Å². The van der Waals surface area contributed by atoms with Crippen LogP contribution < -0.4 is 10.6 Å². The average Bonchev–Trinajstić information content (AvgIpc) is 2.41. The summed E-state index contributed by atoms with van der Waals surface area (Å²) in [7, 11) is 0. The van der Waals surface area contributed by atoms with Crippen molar-refractivity contribution >= 4 is 11.7 Å². The molecule has 0 spiro atoms. The summed E-state index contributed by atoms with van der Waals surface area (Å²) in [5, 5.41) is 5.61. The van der Waals surface area contributed by atoms with Gasteiger partial charge in [0.25, 0.3) is 0 Å². The largest absolute Gasteiger partial charge is 0.335 e. The number of anilines is 1. The summed E-state index contributed by atoms with van der Waals surface area (Å²) in [4.78, 5) is 14.3. The van der Waals surface area contributed by atoms with Crippen molar-refractivity contribution < 1.29 is 9.18 Å². The highest BCUT2D eigenvalue weighted by Crippen LogP contribution is 2.12. The highest BCUT2D eigenvalue weighted by molar-refractivity contribution is 5.89. The third-order valence-corrected chi connectivity index (χ3v) is 3.55. The average molecular weight is 279 g/mol. The number of likely N-dealkylation sites (tertiary alicyclic amines) is 1. The van der Waals surface area contributed by atoms with Gasteiger partial charge in [0.15, 0.2) is 0 Å². The Labute approximate surface area is 119 Å². The minimum Gasteiger partial charge on any atom is -0.335 e. The fraction of sp³-hybridized carbons (Fsp3) is 0.533. The van der Waals surface area contributed by atoms with E-state index < -0.39 is 0 Å². The van der Waals surface area contributed by atoms with E-state index in [9.17, 15) is 9.18 Å². The van der Waals surface area contributed by atoms with E-state index >= 15 is 0 Å². The Morgan fingerprint density at radius 2 is 2.15 bits per heavy atom. The normalized spacial score (nSPS) is 16.9. The second-order valence-electron chi connectivity index (χ2n) is 5.22. The zero-order valence-corrected chi connectivity index (χ0v) is 11.9. The van der Waals surface area contributed by atoms with Gasteiger partial charge in [0, 0.05) is 24.8 Å². The number of carbonyl (C=O) groups is 1. The number of urea groups is 1. The van der Waals surface area contributed by atoms with E-state index in [1.54, 1.807) is 12.1 Å². The van der Waals surface area contributed by atoms with Gasteiger partial charge in [0.1, 0.15) is 5.82 Å². The summed E-state index contributed by atoms with van der Waals surface area (Å²) in [5.74, 6) is -0.351. The Morgan fingerprint density at radius 1 is 1.40 bits per heavy atom. The van der Waals surface area contributed by atoms with Crippen LogP contribution in [0.4, 0.5) is 14.9 Å². The van der Waals surface area contributed by atoms with Crippen LogP contribution >= 0.6 is 0 Å². The van der Waals surface area contributed by atoms with Gasteiger partial charge in [-0.15, -0.1) is 0 Å². The number of nitrogens with zero attached hydrogens (tertiary/aromatic N) is 1. The van der Waals surface area contributed by atoms with E-state index in [0.29, 0.717) is 5.69 Å². The summed E-state index contributed by atoms with van der Waals surface area (Å²) in [6.45, 7) is 5.36. The molecule has 1 aliphatic rings. The summed E-state index contributed by atoms with van der Waals surface area (Å²) in [5.41, 5.74) is 0.478. The molecular formula is C15H22FN3O. The summed E-state index contributed by atoms with van der Waals surface area (Å²) in [6.07, 6.45) is 3.10. The summed E-state index contributed by atoms with van der Waals surface area (Å²) < 4.78 is 13.0. The number of carbonyl (C=O) groups excluding carboxylic acids is 1. The van der Waals surface area contributed by atoms with Crippen LogP contribution in [0.5, 0.6) is 0 Å². The number of rotatable bonds is 4. The quantitative estimate of drug-likeness (QED) is 0.890. The molecule has 2 rings (SSSR count). The van der Waals surface area contributed by atoms with Crippen molar-refractivity contribution in [2.75, 3.05) is 25.0 Å². The molecule has 1 aromatic rings. The van der Waals surface area contributed by atoms with E-state index in [0.717, 1.165) is 38.9 Å². The number of nitrogens with one attached hydrogen (secondary N) is 2. The van der Waals surface area contributed by atoms with Gasteiger partial charge in [0.2, 0.25) is 0 Å². The van der Waals surface area contributed by atoms with Crippen LogP contribution in [-0.2, 0) is 0 Å². The zero-order valence-electron chi connectivity index (χ0n) is 11.9. The maximum atomic E-state index is 13.0. The third kappa shape index (κ3) is 4.49. The Hall–Kier alpha value is -1.62. The van der Waals surface area contributed by atoms with Crippen LogP contribution in [0.25, 0.3) is 0 Å². The number of halogens is 1. The Balaban J connectivity index is 1.75. The molecule has 0 radical (unpaired) electrons. The Bertz CT molecular complexity index is 444. The van der Waals surface area contributed by atoms with Crippen molar-refractivity contribution in [2.24, 2.45) is 0 Å². The molecule has 2 N–H and O–H groups in total. The van der Waals surface area contributed by atoms with Gasteiger partial charge in [-0.05, 0) is 44.0 Å². The van der Waals surface area contributed by atoms with Crippen molar-refractivity contribution in [2.45, 2.75) is 32.2 Å². The van der Waals surface area contributed by atoms with E-state index in [-0.39, 0.29) is 17.9 Å². The van der Waals surface area contributed by atoms with Crippen LogP contribution in [0.3, 0.4) is 0 Å². The van der Waals surface area contributed by atoms with Crippen molar-refractivity contribution in [1.82, 2.24) is 10.2 Å². The van der Waals surface area contributed by atoms with Crippen LogP contribution in [0, 0.1) is 5.82 Å². The van der Waals surface area contributed by atoms with Crippen molar-refractivity contribution in [3.8, 4) is 0 Å². The lowest BCUT2D eigenvalue weighted by molar-refractivity contribution is 0.196. The summed E-state index contributed by atoms with van der Waals surface area (Å²) in [6, 6.07) is 5.86. The molecule has 0 aromatic heterocycles. The lowest BCUT2D eigenvalue weighted by Crippen LogP contribution is -2.46. The minimum absolute atomic E-state index is 0.205. The second kappa shape index (κ2) is 7.24. The number of piperidine rings is 1. The van der Waals surface area contributed by atoms with E-state index in [4.69, 9.17) is 0 Å². The monoisotopic (exact) mass is 279 g/mol. The molecular weight excluding hydrogens is 257 g/mol. The van der Waals surface area contributed by atoms with Gasteiger partial charge < -0.3 is 15.5 Å². The maximum absolute atomic E-state index is 13.0. The molecule has 5 heteroatoms. The first-order valence-electron chi connectivity index (χ1n) is 7.23. The van der Waals surface area contributed by atoms with E-state index in [1.165, 1.54) is 12.1 Å². The molecule has 0 saturated carbocycles. The topological polar surface area (TPSA) is 44.4 Å². The van der Waals surface area contributed by atoms with Gasteiger partial charge in [-0.3, -0.25) is 0 Å². The molecule has 1 fully saturated rings. The fourth-order valence-electron chi connectivity index (χ4n) is 2.54. The molecule has 2 amide bonds. The number of amides is 2. The fourth-order valence-corrected chi connectivity index (χ4v) is 2.54. The third-order valence-electron chi connectivity index (χ3n) is 3.55. The minimum atomic E-state index is -0.351. The lowest BCUT2D eigenvalue weighted by atomic mass is 10.1. The molecule has 110 valence electrons. The highest BCUT2D eigenvalue weighted by Gasteiger charge is 2.19. The molecule has 0 bridgehead atoms. The van der Waals surface area contributed by atoms with Crippen LogP contribution in [0.2, 0.25) is 0 Å². The molecule has 4 nitrogen and oxygen atoms in total. The predicted octanol–water partition coefficient (Wildman–Crippen LogP) is 2.82. The van der Waals surface area contributed by atoms with Crippen molar-refractivity contribution in [3.05, 3.63) is 30.1 Å². The molecule has 20 heavy (non-hydrogen) atoms. The molecule has 0 atom stereocenters. The van der Waals surface area contributed by atoms with Gasteiger partial charge in [-0.1, -0.05) is 13.0 Å². The van der Waals surface area contributed by atoms with Crippen LogP contribution in [0.1, 0.15) is 26.2 Å². The zero-order chi connectivity index (χ0) is 14.4. The summed E-state index contributed by atoms with van der Waals surface area (Å²) >= 11 is 0. The van der Waals surface area contributed by atoms with Crippen LogP contribution in [-0.4, -0.2) is 36.6 Å². The predicted molar refractivity (Wildman–Crippen MR) is 78.3 cm³/mol. The lowest BCUT2D eigenvalue weighted by Gasteiger charge is -2.32. The number of hydrogen-bond donors (Lipinski definition) is 2. The maximum Gasteiger partial charge on any atom is 0.319 e. The van der Waals surface area contributed by atoms with Gasteiger partial charge >= 0.3 is 6.03 Å². The highest BCUT2D eigenvalue weighted by atomic mass is 19.1. The molecule has 0 aliphatic carbocycles. The van der Waals surface area contributed by atoms with Gasteiger partial charge in [0.05, 0.1) is 0 Å². The van der Waals surface area contributed by atoms with E-state index in [2.05, 4.69) is 22.5 Å². The standard InChI is InChI=1S/C15H22FN3O/c1-2-8-19-9-6-13(7-10-19)17-15(20)18-14-5-3-4-12(16)11-14/h3-5,11,13H,2,6-10H2,1H3,(H2,17,18,20). The molecule has 1 aromatic carbocycles. The SMILES string of the molecule is CCCN1CCC(NC(=O)Nc2cccc(F)c2)CC1. The molecule has 1 aliphatic heterocycles. The Morgan fingerprint density at radius 3 is 2.80 bits per heavy atom. The first-order chi connectivity index (χ1) is 9.67. The van der Waals surface area contributed by atoms with Crippen LogP contribution in [0.15, 0.2) is 24.3 Å². The van der Waals surface area contributed by atoms with E-state index in [1.807, 2.05) is 0 Å². The second-order valence-corrected chi connectivity index (χ2v) is 5.22. The van der Waals surface area contributed by atoms with Crippen molar-refractivity contribution in [1.29, 1.82) is 0 Å². The van der Waals surface area contributed by atoms with Gasteiger partial charge in [-0.2, -0.15) is 0 Å². The Kier molecular flexibility index (Phi) is 5.35. The first-order valence-corrected chi connectivity index (χ1v) is 7.23. The molecule has 1 heterocycles. The number of benzene rings is 1. The molecule has 1 saturated heterocycles. The molecule has 0 unspecified atom stereocenters. The smallest absolute Gasteiger partial charge is 0.319 e. The first kappa shape index (κ1) is 14.8.